The summed E-state index contributed by atoms with van der Waals surface area (Å²) >= 11 is 1.28. The summed E-state index contributed by atoms with van der Waals surface area (Å²) in [5.41, 5.74) is 0. The highest BCUT2D eigenvalue weighted by Crippen LogP contribution is 2.18. The molecule has 0 amide bonds. The lowest BCUT2D eigenvalue weighted by Gasteiger charge is -1.98. The number of halogens is 1. The molecule has 0 aromatic rings. The van der Waals surface area contributed by atoms with Crippen LogP contribution in [0.1, 0.15) is 32.6 Å². The van der Waals surface area contributed by atoms with E-state index < -0.39 is 0 Å². The summed E-state index contributed by atoms with van der Waals surface area (Å²) in [5, 5.41) is -0.113. The zero-order valence-corrected chi connectivity index (χ0v) is 9.33. The normalized spacial score (nSPS) is 12.1. The Kier molecular flexibility index (Phi) is 10.0. The summed E-state index contributed by atoms with van der Waals surface area (Å²) < 4.78 is 17.6. The van der Waals surface area contributed by atoms with Gasteiger partial charge < -0.3 is 4.74 Å². The molecule has 0 radical (unpaired) electrons. The van der Waals surface area contributed by atoms with Gasteiger partial charge in [-0.3, -0.25) is 0 Å². The Morgan fingerprint density at radius 2 is 2.15 bits per heavy atom. The summed E-state index contributed by atoms with van der Waals surface area (Å²) in [6.07, 6.45) is 6.27. The molecule has 0 N–H and O–H groups in total. The zero-order chi connectivity index (χ0) is 9.94. The Labute approximate surface area is 84.7 Å². The molecule has 0 aliphatic rings. The van der Waals surface area contributed by atoms with E-state index in [4.69, 9.17) is 4.74 Å². The van der Waals surface area contributed by atoms with Crippen molar-refractivity contribution < 1.29 is 9.13 Å². The third kappa shape index (κ3) is 9.90. The molecule has 0 aliphatic heterocycles. The number of thioether (sulfide) groups is 1. The van der Waals surface area contributed by atoms with Gasteiger partial charge in [-0.05, 0) is 12.5 Å². The fraction of sp³-hybridized carbons (Fsp3) is 0.800. The van der Waals surface area contributed by atoms with Gasteiger partial charge in [0.2, 0.25) is 0 Å². The van der Waals surface area contributed by atoms with Gasteiger partial charge in [-0.15, -0.1) is 0 Å². The fourth-order valence-electron chi connectivity index (χ4n) is 0.906. The maximum absolute atomic E-state index is 12.8. The number of unbranched alkanes of at least 4 members (excludes halogenated alkanes) is 3. The van der Waals surface area contributed by atoms with Gasteiger partial charge in [0.05, 0.1) is 6.61 Å². The first kappa shape index (κ1) is 13.0. The van der Waals surface area contributed by atoms with Crippen LogP contribution in [0.15, 0.2) is 11.2 Å². The molecule has 0 aliphatic carbocycles. The van der Waals surface area contributed by atoms with Crippen molar-refractivity contribution in [3.05, 3.63) is 11.2 Å². The van der Waals surface area contributed by atoms with Crippen molar-refractivity contribution in [3.8, 4) is 0 Å². The van der Waals surface area contributed by atoms with Crippen LogP contribution in [0.3, 0.4) is 0 Å². The zero-order valence-electron chi connectivity index (χ0n) is 8.51. The van der Waals surface area contributed by atoms with Crippen LogP contribution in [0.2, 0.25) is 0 Å². The van der Waals surface area contributed by atoms with E-state index in [1.54, 1.807) is 7.11 Å². The van der Waals surface area contributed by atoms with Crippen molar-refractivity contribution in [1.29, 1.82) is 0 Å². The number of hydrogen-bond acceptors (Lipinski definition) is 2. The topological polar surface area (TPSA) is 9.23 Å². The van der Waals surface area contributed by atoms with Crippen LogP contribution in [0.4, 0.5) is 4.39 Å². The van der Waals surface area contributed by atoms with E-state index in [-0.39, 0.29) is 5.16 Å². The van der Waals surface area contributed by atoms with Crippen LogP contribution in [0, 0.1) is 0 Å². The van der Waals surface area contributed by atoms with E-state index in [9.17, 15) is 4.39 Å². The molecule has 78 valence electrons. The Bertz CT molecular complexity index is 137. The Morgan fingerprint density at radius 3 is 2.77 bits per heavy atom. The van der Waals surface area contributed by atoms with Gasteiger partial charge in [0.15, 0.2) is 5.16 Å². The van der Waals surface area contributed by atoms with Gasteiger partial charge in [-0.25, -0.2) is 0 Å². The van der Waals surface area contributed by atoms with Gasteiger partial charge in [0, 0.05) is 12.9 Å². The number of hydrogen-bond donors (Lipinski definition) is 0. The second-order valence-corrected chi connectivity index (χ2v) is 3.96. The van der Waals surface area contributed by atoms with Crippen molar-refractivity contribution in [1.82, 2.24) is 0 Å². The summed E-state index contributed by atoms with van der Waals surface area (Å²) in [4.78, 5) is 0. The first-order valence-electron chi connectivity index (χ1n) is 4.78. The third-order valence-corrected chi connectivity index (χ3v) is 2.58. The molecule has 0 heterocycles. The Hall–Kier alpha value is -0.0200. The largest absolute Gasteiger partial charge is 0.380 e. The maximum atomic E-state index is 12.8. The van der Waals surface area contributed by atoms with Crippen LogP contribution in [-0.2, 0) is 4.74 Å². The predicted octanol–water partition coefficient (Wildman–Crippen LogP) is 3.76. The predicted molar refractivity (Wildman–Crippen MR) is 57.7 cm³/mol. The van der Waals surface area contributed by atoms with E-state index in [1.165, 1.54) is 37.1 Å². The quantitative estimate of drug-likeness (QED) is 0.559. The minimum absolute atomic E-state index is 0.113. The summed E-state index contributed by atoms with van der Waals surface area (Å²) in [5.74, 6) is 0.881. The molecule has 13 heavy (non-hydrogen) atoms. The minimum Gasteiger partial charge on any atom is -0.380 e. The number of ether oxygens (including phenoxy) is 1. The van der Waals surface area contributed by atoms with Gasteiger partial charge in [0.1, 0.15) is 0 Å². The lowest BCUT2D eigenvalue weighted by molar-refractivity contribution is 0.232. The van der Waals surface area contributed by atoms with E-state index in [2.05, 4.69) is 6.92 Å². The van der Waals surface area contributed by atoms with Crippen LogP contribution in [0.5, 0.6) is 0 Å². The molecule has 0 aromatic heterocycles. The summed E-state index contributed by atoms with van der Waals surface area (Å²) in [7, 11) is 1.57. The van der Waals surface area contributed by atoms with Crippen LogP contribution >= 0.6 is 11.8 Å². The van der Waals surface area contributed by atoms with E-state index in [0.29, 0.717) is 6.61 Å². The first-order chi connectivity index (χ1) is 6.31. The molecule has 0 saturated heterocycles. The molecular formula is C10H19FOS. The fourth-order valence-corrected chi connectivity index (χ4v) is 1.64. The van der Waals surface area contributed by atoms with Gasteiger partial charge in [-0.1, -0.05) is 37.9 Å². The molecule has 0 bridgehead atoms. The highest BCUT2D eigenvalue weighted by atomic mass is 32.2. The average molecular weight is 206 g/mol. The molecule has 0 rings (SSSR count). The standard InChI is InChI=1S/C10H19FOS/c1-3-4-5-6-9-13-10(11)7-8-12-2/h7H,3-6,8-9H2,1-2H3. The monoisotopic (exact) mass is 206 g/mol. The Morgan fingerprint density at radius 1 is 1.38 bits per heavy atom. The molecule has 0 unspecified atom stereocenters. The molecule has 0 atom stereocenters. The van der Waals surface area contributed by atoms with Gasteiger partial charge in [-0.2, -0.15) is 4.39 Å². The lowest BCUT2D eigenvalue weighted by atomic mass is 10.2. The second-order valence-electron chi connectivity index (χ2n) is 2.87. The highest BCUT2D eigenvalue weighted by Gasteiger charge is 1.95. The molecule has 3 heteroatoms. The van der Waals surface area contributed by atoms with Gasteiger partial charge >= 0.3 is 0 Å². The smallest absolute Gasteiger partial charge is 0.154 e. The van der Waals surface area contributed by atoms with Gasteiger partial charge in [0.25, 0.3) is 0 Å². The summed E-state index contributed by atoms with van der Waals surface area (Å²) in [6, 6.07) is 0. The minimum atomic E-state index is -0.113. The van der Waals surface area contributed by atoms with E-state index in [1.807, 2.05) is 0 Å². The van der Waals surface area contributed by atoms with Crippen molar-refractivity contribution in [2.24, 2.45) is 0 Å². The summed E-state index contributed by atoms with van der Waals surface area (Å²) in [6.45, 7) is 2.54. The number of rotatable bonds is 8. The van der Waals surface area contributed by atoms with Crippen molar-refractivity contribution in [2.75, 3.05) is 19.5 Å². The molecule has 0 saturated carbocycles. The van der Waals surface area contributed by atoms with Crippen molar-refractivity contribution in [3.63, 3.8) is 0 Å². The van der Waals surface area contributed by atoms with E-state index in [0.717, 1.165) is 12.2 Å². The Balaban J connectivity index is 3.21. The molecular weight excluding hydrogens is 187 g/mol. The molecule has 0 spiro atoms. The maximum Gasteiger partial charge on any atom is 0.154 e. The SMILES string of the molecule is CCCCCCSC(F)=CCOC. The van der Waals surface area contributed by atoms with Crippen LogP contribution in [-0.4, -0.2) is 19.5 Å². The highest BCUT2D eigenvalue weighted by molar-refractivity contribution is 8.02. The van der Waals surface area contributed by atoms with E-state index >= 15 is 0 Å². The second kappa shape index (κ2) is 10.1. The molecule has 0 aromatic carbocycles. The lowest BCUT2D eigenvalue weighted by Crippen LogP contribution is -1.84. The molecule has 0 fully saturated rings. The van der Waals surface area contributed by atoms with Crippen molar-refractivity contribution in [2.45, 2.75) is 32.6 Å². The van der Waals surface area contributed by atoms with Crippen LogP contribution in [0.25, 0.3) is 0 Å². The average Bonchev–Trinajstić information content (AvgIpc) is 2.14. The molecule has 1 nitrogen and oxygen atoms in total. The first-order valence-corrected chi connectivity index (χ1v) is 5.77. The third-order valence-electron chi connectivity index (χ3n) is 1.65. The number of methoxy groups -OCH3 is 1. The van der Waals surface area contributed by atoms with Crippen LogP contribution < -0.4 is 0 Å². The van der Waals surface area contributed by atoms with Crippen molar-refractivity contribution >= 4 is 11.8 Å².